The van der Waals surface area contributed by atoms with Gasteiger partial charge in [0.15, 0.2) is 0 Å². The van der Waals surface area contributed by atoms with Crippen molar-refractivity contribution in [2.75, 3.05) is 4.90 Å². The van der Waals surface area contributed by atoms with E-state index in [2.05, 4.69) is 149 Å². The zero-order valence-corrected chi connectivity index (χ0v) is 23.7. The second kappa shape index (κ2) is 10.7. The molecule has 0 radical (unpaired) electrons. The van der Waals surface area contributed by atoms with Gasteiger partial charge < -0.3 is 4.90 Å². The molecule has 0 aliphatic heterocycles. The molecule has 5 aromatic rings. The number of fused-ring (bicyclic) bond motifs is 2. The van der Waals surface area contributed by atoms with Gasteiger partial charge in [0.05, 0.1) is 5.54 Å². The molecule has 0 aliphatic carbocycles. The van der Waals surface area contributed by atoms with Gasteiger partial charge in [0.25, 0.3) is 0 Å². The lowest BCUT2D eigenvalue weighted by molar-refractivity contribution is 0.402. The van der Waals surface area contributed by atoms with Crippen molar-refractivity contribution < 1.29 is 0 Å². The molecule has 0 N–H and O–H groups in total. The fraction of sp³-hybridized carbons (Fsp3) is 0.297. The molecule has 1 heteroatoms. The van der Waals surface area contributed by atoms with E-state index >= 15 is 0 Å². The van der Waals surface area contributed by atoms with Crippen LogP contribution in [0, 0.1) is 0 Å². The average Bonchev–Trinajstić information content (AvgIpc) is 2.99. The van der Waals surface area contributed by atoms with E-state index in [9.17, 15) is 0 Å². The Morgan fingerprint density at radius 3 is 1.32 bits per heavy atom. The summed E-state index contributed by atoms with van der Waals surface area (Å²) in [5.41, 5.74) is 5.32. The van der Waals surface area contributed by atoms with Crippen molar-refractivity contribution in [2.24, 2.45) is 0 Å². The highest BCUT2D eigenvalue weighted by molar-refractivity contribution is 5.90. The van der Waals surface area contributed by atoms with Crippen LogP contribution < -0.4 is 4.90 Å². The molecule has 0 saturated heterocycles. The highest BCUT2D eigenvalue weighted by Gasteiger charge is 2.37. The van der Waals surface area contributed by atoms with Crippen LogP contribution in [0.15, 0.2) is 109 Å². The number of anilines is 2. The molecule has 0 spiro atoms. The summed E-state index contributed by atoms with van der Waals surface area (Å²) in [6, 6.07) is 40.8. The van der Waals surface area contributed by atoms with Crippen molar-refractivity contribution in [3.8, 4) is 0 Å². The van der Waals surface area contributed by atoms with E-state index in [0.717, 1.165) is 25.7 Å². The lowest BCUT2D eigenvalue weighted by Gasteiger charge is -2.46. The SMILES string of the molecule is CCC(C)(CC)c1ccc(C(CC)(CC)N(c2ccc3ccccc3c2)c2ccc3ccccc3c2)cc1. The molecule has 0 fully saturated rings. The molecule has 0 aromatic heterocycles. The van der Waals surface area contributed by atoms with Crippen LogP contribution in [0.1, 0.15) is 71.4 Å². The van der Waals surface area contributed by atoms with Gasteiger partial charge in [-0.25, -0.2) is 0 Å². The highest BCUT2D eigenvalue weighted by atomic mass is 15.2. The van der Waals surface area contributed by atoms with Crippen LogP contribution in [0.5, 0.6) is 0 Å². The minimum atomic E-state index is -0.182. The van der Waals surface area contributed by atoms with Crippen LogP contribution in [0.3, 0.4) is 0 Å². The van der Waals surface area contributed by atoms with E-state index < -0.39 is 0 Å². The average molecular weight is 500 g/mol. The first-order chi connectivity index (χ1) is 18.5. The van der Waals surface area contributed by atoms with Crippen molar-refractivity contribution in [3.05, 3.63) is 120 Å². The first-order valence-corrected chi connectivity index (χ1v) is 14.4. The molecule has 0 bridgehead atoms. The number of nitrogens with zero attached hydrogens (tertiary/aromatic N) is 1. The van der Waals surface area contributed by atoms with Gasteiger partial charge in [-0.2, -0.15) is 0 Å². The van der Waals surface area contributed by atoms with Crippen molar-refractivity contribution in [1.29, 1.82) is 0 Å². The van der Waals surface area contributed by atoms with E-state index in [1.54, 1.807) is 0 Å². The molecule has 38 heavy (non-hydrogen) atoms. The fourth-order valence-electron chi connectivity index (χ4n) is 6.22. The number of benzene rings is 5. The van der Waals surface area contributed by atoms with Gasteiger partial charge in [0, 0.05) is 11.4 Å². The second-order valence-electron chi connectivity index (χ2n) is 11.0. The Labute approximate surface area is 229 Å². The second-order valence-corrected chi connectivity index (χ2v) is 11.0. The normalized spacial score (nSPS) is 12.2. The maximum absolute atomic E-state index is 2.61. The lowest BCUT2D eigenvalue weighted by atomic mass is 9.75. The van der Waals surface area contributed by atoms with Crippen molar-refractivity contribution in [2.45, 2.75) is 71.3 Å². The van der Waals surface area contributed by atoms with Crippen molar-refractivity contribution in [1.82, 2.24) is 0 Å². The quantitative estimate of drug-likeness (QED) is 0.195. The molecule has 194 valence electrons. The first kappa shape index (κ1) is 26.0. The summed E-state index contributed by atoms with van der Waals surface area (Å²) >= 11 is 0. The van der Waals surface area contributed by atoms with Gasteiger partial charge >= 0.3 is 0 Å². The minimum absolute atomic E-state index is 0.182. The summed E-state index contributed by atoms with van der Waals surface area (Å²) < 4.78 is 0. The third kappa shape index (κ3) is 4.49. The Kier molecular flexibility index (Phi) is 7.30. The molecule has 0 heterocycles. The molecule has 5 rings (SSSR count). The number of hydrogen-bond acceptors (Lipinski definition) is 1. The molecular formula is C37H41N. The maximum atomic E-state index is 2.61. The third-order valence-electron chi connectivity index (χ3n) is 9.26. The molecule has 0 aliphatic rings. The predicted molar refractivity (Wildman–Crippen MR) is 167 cm³/mol. The molecule has 0 saturated carbocycles. The summed E-state index contributed by atoms with van der Waals surface area (Å²) in [7, 11) is 0. The van der Waals surface area contributed by atoms with E-state index in [-0.39, 0.29) is 11.0 Å². The summed E-state index contributed by atoms with van der Waals surface area (Å²) in [4.78, 5) is 2.61. The summed E-state index contributed by atoms with van der Waals surface area (Å²) in [5.74, 6) is 0. The Morgan fingerprint density at radius 2 is 0.895 bits per heavy atom. The summed E-state index contributed by atoms with van der Waals surface area (Å²) in [5, 5.41) is 5.09. The lowest BCUT2D eigenvalue weighted by Crippen LogP contribution is -2.42. The zero-order valence-electron chi connectivity index (χ0n) is 23.7. The molecule has 5 aromatic carbocycles. The van der Waals surface area contributed by atoms with E-state index in [1.807, 2.05) is 0 Å². The minimum Gasteiger partial charge on any atom is -0.331 e. The van der Waals surface area contributed by atoms with Crippen LogP contribution >= 0.6 is 0 Å². The van der Waals surface area contributed by atoms with Gasteiger partial charge in [-0.1, -0.05) is 120 Å². The Bertz CT molecular complexity index is 1440. The van der Waals surface area contributed by atoms with Gasteiger partial charge in [-0.3, -0.25) is 0 Å². The Hall–Kier alpha value is -3.58. The zero-order chi connectivity index (χ0) is 26.8. The van der Waals surface area contributed by atoms with E-state index in [0.29, 0.717) is 0 Å². The largest absolute Gasteiger partial charge is 0.331 e. The summed E-state index contributed by atoms with van der Waals surface area (Å²) in [6.07, 6.45) is 4.30. The van der Waals surface area contributed by atoms with E-state index in [1.165, 1.54) is 44.0 Å². The van der Waals surface area contributed by atoms with Crippen LogP contribution in [0.2, 0.25) is 0 Å². The monoisotopic (exact) mass is 499 g/mol. The number of rotatable bonds is 9. The highest BCUT2D eigenvalue weighted by Crippen LogP contribution is 2.46. The smallest absolute Gasteiger partial charge is 0.0697 e. The standard InChI is InChI=1S/C37H41N/c1-6-36(5,7-2)32-20-22-33(23-21-32)37(8-3,9-4)38(34-24-18-28-14-10-12-16-30(28)26-34)35-25-19-29-15-11-13-17-31(29)27-35/h10-27H,6-9H2,1-5H3. The van der Waals surface area contributed by atoms with Crippen LogP contribution in [-0.4, -0.2) is 0 Å². The van der Waals surface area contributed by atoms with E-state index in [4.69, 9.17) is 0 Å². The molecule has 1 nitrogen and oxygen atoms in total. The van der Waals surface area contributed by atoms with Crippen LogP contribution in [0.4, 0.5) is 11.4 Å². The molecule has 0 atom stereocenters. The fourth-order valence-corrected chi connectivity index (χ4v) is 6.22. The van der Waals surface area contributed by atoms with Gasteiger partial charge in [0.1, 0.15) is 0 Å². The molecule has 0 unspecified atom stereocenters. The van der Waals surface area contributed by atoms with Gasteiger partial charge in [-0.05, 0) is 88.0 Å². The Morgan fingerprint density at radius 1 is 0.474 bits per heavy atom. The predicted octanol–water partition coefficient (Wildman–Crippen LogP) is 10.9. The first-order valence-electron chi connectivity index (χ1n) is 14.4. The maximum Gasteiger partial charge on any atom is 0.0697 e. The van der Waals surface area contributed by atoms with Gasteiger partial charge in [0.2, 0.25) is 0 Å². The molecular weight excluding hydrogens is 458 g/mol. The van der Waals surface area contributed by atoms with Crippen LogP contribution in [0.25, 0.3) is 21.5 Å². The van der Waals surface area contributed by atoms with Gasteiger partial charge in [-0.15, -0.1) is 0 Å². The summed E-state index contributed by atoms with van der Waals surface area (Å²) in [6.45, 7) is 11.7. The Balaban J connectivity index is 1.72. The third-order valence-corrected chi connectivity index (χ3v) is 9.26. The molecule has 0 amide bonds. The van der Waals surface area contributed by atoms with Crippen molar-refractivity contribution >= 4 is 32.9 Å². The topological polar surface area (TPSA) is 3.24 Å². The number of hydrogen-bond donors (Lipinski definition) is 0. The van der Waals surface area contributed by atoms with Crippen molar-refractivity contribution in [3.63, 3.8) is 0 Å². The van der Waals surface area contributed by atoms with Crippen LogP contribution in [-0.2, 0) is 11.0 Å².